The van der Waals surface area contributed by atoms with Gasteiger partial charge < -0.3 is 5.32 Å². The maximum absolute atomic E-state index is 4.52. The summed E-state index contributed by atoms with van der Waals surface area (Å²) >= 11 is 5.18. The van der Waals surface area contributed by atoms with E-state index in [1.807, 2.05) is 19.3 Å². The molecule has 1 N–H and O–H groups in total. The Kier molecular flexibility index (Phi) is 3.82. The number of aromatic nitrogens is 4. The van der Waals surface area contributed by atoms with Gasteiger partial charge in [-0.1, -0.05) is 12.1 Å². The van der Waals surface area contributed by atoms with Gasteiger partial charge in [0, 0.05) is 13.2 Å². The molecule has 0 radical (unpaired) electrons. The first-order valence-corrected chi connectivity index (χ1v) is 7.99. The van der Waals surface area contributed by atoms with E-state index in [2.05, 4.69) is 54.9 Å². The maximum Gasteiger partial charge on any atom is 0.153 e. The monoisotopic (exact) mass is 351 g/mol. The Morgan fingerprint density at radius 1 is 1.50 bits per heavy atom. The molecule has 0 spiro atoms. The molecule has 7 heteroatoms. The van der Waals surface area contributed by atoms with Gasteiger partial charge in [0.15, 0.2) is 4.60 Å². The number of rotatable bonds is 4. The molecule has 0 saturated carbocycles. The average Bonchev–Trinajstić information content (AvgIpc) is 3.03. The predicted molar refractivity (Wildman–Crippen MR) is 83.8 cm³/mol. The Labute approximate surface area is 129 Å². The molecule has 0 aliphatic heterocycles. The summed E-state index contributed by atoms with van der Waals surface area (Å²) in [7, 11) is 1.90. The van der Waals surface area contributed by atoms with Crippen molar-refractivity contribution < 1.29 is 0 Å². The lowest BCUT2D eigenvalue weighted by Gasteiger charge is -2.18. The van der Waals surface area contributed by atoms with Gasteiger partial charge in [-0.15, -0.1) is 16.4 Å². The molecule has 3 aromatic heterocycles. The van der Waals surface area contributed by atoms with Crippen LogP contribution < -0.4 is 5.32 Å². The fourth-order valence-corrected chi connectivity index (χ4v) is 3.59. The third-order valence-electron chi connectivity index (χ3n) is 3.17. The zero-order valence-electron chi connectivity index (χ0n) is 11.2. The quantitative estimate of drug-likeness (QED) is 0.785. The number of pyridine rings is 1. The molecule has 104 valence electrons. The van der Waals surface area contributed by atoms with Crippen molar-refractivity contribution in [2.75, 3.05) is 6.54 Å². The number of halogens is 1. The van der Waals surface area contributed by atoms with E-state index < -0.39 is 0 Å². The third-order valence-corrected chi connectivity index (χ3v) is 4.58. The van der Waals surface area contributed by atoms with Crippen LogP contribution in [-0.4, -0.2) is 26.5 Å². The highest BCUT2D eigenvalue weighted by Gasteiger charge is 2.21. The average molecular weight is 352 g/mol. The number of thiophene rings is 1. The molecule has 5 nitrogen and oxygen atoms in total. The van der Waals surface area contributed by atoms with Gasteiger partial charge in [0.05, 0.1) is 22.0 Å². The standard InChI is InChI=1S/C13H14BrN5S/c1-3-15-11(12-13(14)17-18-19(12)2)8-6-10-9(16-7-8)4-5-20-10/h4-7,11,15H,3H2,1-2H3. The highest BCUT2D eigenvalue weighted by atomic mass is 79.9. The van der Waals surface area contributed by atoms with Crippen molar-refractivity contribution in [3.05, 3.63) is 39.6 Å². The molecule has 3 heterocycles. The lowest BCUT2D eigenvalue weighted by molar-refractivity contribution is 0.566. The van der Waals surface area contributed by atoms with E-state index in [4.69, 9.17) is 0 Å². The van der Waals surface area contributed by atoms with Crippen molar-refractivity contribution in [1.82, 2.24) is 25.3 Å². The largest absolute Gasteiger partial charge is 0.305 e. The summed E-state index contributed by atoms with van der Waals surface area (Å²) in [5.41, 5.74) is 3.16. The minimum atomic E-state index is 0.0216. The van der Waals surface area contributed by atoms with Crippen LogP contribution in [0.25, 0.3) is 10.2 Å². The number of nitrogens with one attached hydrogen (secondary N) is 1. The first-order chi connectivity index (χ1) is 9.70. The number of fused-ring (bicyclic) bond motifs is 1. The molecule has 1 atom stereocenters. The van der Waals surface area contributed by atoms with Crippen LogP contribution in [0.3, 0.4) is 0 Å². The third kappa shape index (κ3) is 2.36. The summed E-state index contributed by atoms with van der Waals surface area (Å²) < 4.78 is 3.74. The van der Waals surface area contributed by atoms with Crippen LogP contribution >= 0.6 is 27.3 Å². The summed E-state index contributed by atoms with van der Waals surface area (Å²) in [6, 6.07) is 4.24. The lowest BCUT2D eigenvalue weighted by atomic mass is 10.1. The molecule has 0 aliphatic rings. The second-order valence-electron chi connectivity index (χ2n) is 4.45. The topological polar surface area (TPSA) is 55.6 Å². The second-order valence-corrected chi connectivity index (χ2v) is 6.15. The lowest BCUT2D eigenvalue weighted by Crippen LogP contribution is -2.24. The van der Waals surface area contributed by atoms with Crippen molar-refractivity contribution in [2.45, 2.75) is 13.0 Å². The molecule has 1 unspecified atom stereocenters. The Balaban J connectivity index is 2.10. The van der Waals surface area contributed by atoms with Gasteiger partial charge in [-0.25, -0.2) is 4.68 Å². The first-order valence-electron chi connectivity index (χ1n) is 6.32. The van der Waals surface area contributed by atoms with Gasteiger partial charge in [-0.05, 0) is 45.6 Å². The van der Waals surface area contributed by atoms with Gasteiger partial charge in [-0.3, -0.25) is 4.98 Å². The van der Waals surface area contributed by atoms with Crippen molar-refractivity contribution in [1.29, 1.82) is 0 Å². The van der Waals surface area contributed by atoms with E-state index in [0.717, 1.165) is 27.9 Å². The van der Waals surface area contributed by atoms with Crippen LogP contribution in [0.15, 0.2) is 28.3 Å². The molecule has 0 amide bonds. The molecule has 0 saturated heterocycles. The SMILES string of the molecule is CCNC(c1cnc2ccsc2c1)c1c(Br)nnn1C. The summed E-state index contributed by atoms with van der Waals surface area (Å²) in [6.45, 7) is 2.94. The summed E-state index contributed by atoms with van der Waals surface area (Å²) in [4.78, 5) is 4.52. The van der Waals surface area contributed by atoms with Crippen LogP contribution in [0, 0.1) is 0 Å². The van der Waals surface area contributed by atoms with Crippen molar-refractivity contribution in [3.63, 3.8) is 0 Å². The second kappa shape index (κ2) is 5.59. The Morgan fingerprint density at radius 3 is 3.05 bits per heavy atom. The van der Waals surface area contributed by atoms with Crippen molar-refractivity contribution in [2.24, 2.45) is 7.05 Å². The molecule has 0 aliphatic carbocycles. The van der Waals surface area contributed by atoms with E-state index in [0.29, 0.717) is 0 Å². The number of hydrogen-bond acceptors (Lipinski definition) is 5. The van der Waals surface area contributed by atoms with Crippen LogP contribution in [-0.2, 0) is 7.05 Å². The number of hydrogen-bond donors (Lipinski definition) is 1. The zero-order valence-corrected chi connectivity index (χ0v) is 13.6. The fraction of sp³-hybridized carbons (Fsp3) is 0.308. The summed E-state index contributed by atoms with van der Waals surface area (Å²) in [5.74, 6) is 0. The van der Waals surface area contributed by atoms with Gasteiger partial charge in [0.25, 0.3) is 0 Å². The molecule has 3 rings (SSSR count). The van der Waals surface area contributed by atoms with Crippen molar-refractivity contribution in [3.8, 4) is 0 Å². The fourth-order valence-electron chi connectivity index (χ4n) is 2.24. The van der Waals surface area contributed by atoms with E-state index in [-0.39, 0.29) is 6.04 Å². The molecule has 3 aromatic rings. The van der Waals surface area contributed by atoms with Crippen LogP contribution in [0.4, 0.5) is 0 Å². The van der Waals surface area contributed by atoms with Crippen LogP contribution in [0.2, 0.25) is 0 Å². The molecule has 0 aromatic carbocycles. The van der Waals surface area contributed by atoms with Gasteiger partial charge >= 0.3 is 0 Å². The minimum Gasteiger partial charge on any atom is -0.305 e. The van der Waals surface area contributed by atoms with Crippen LogP contribution in [0.1, 0.15) is 24.2 Å². The van der Waals surface area contributed by atoms with Crippen molar-refractivity contribution >= 4 is 37.5 Å². The Hall–Kier alpha value is -1.31. The Morgan fingerprint density at radius 2 is 2.35 bits per heavy atom. The first kappa shape index (κ1) is 13.7. The molecular weight excluding hydrogens is 338 g/mol. The highest BCUT2D eigenvalue weighted by molar-refractivity contribution is 9.10. The molecule has 0 bridgehead atoms. The van der Waals surface area contributed by atoms with E-state index in [1.165, 1.54) is 4.70 Å². The number of aryl methyl sites for hydroxylation is 1. The van der Waals surface area contributed by atoms with Crippen LogP contribution in [0.5, 0.6) is 0 Å². The molecule has 20 heavy (non-hydrogen) atoms. The highest BCUT2D eigenvalue weighted by Crippen LogP contribution is 2.29. The predicted octanol–water partition coefficient (Wildman–Crippen LogP) is 2.89. The summed E-state index contributed by atoms with van der Waals surface area (Å²) in [6.07, 6.45) is 1.92. The molecule has 0 fully saturated rings. The zero-order chi connectivity index (χ0) is 14.1. The maximum atomic E-state index is 4.52. The normalized spacial score (nSPS) is 12.9. The number of nitrogens with zero attached hydrogens (tertiary/aromatic N) is 4. The van der Waals surface area contributed by atoms with E-state index >= 15 is 0 Å². The minimum absolute atomic E-state index is 0.0216. The van der Waals surface area contributed by atoms with Gasteiger partial charge in [0.2, 0.25) is 0 Å². The Bertz CT molecular complexity index is 716. The van der Waals surface area contributed by atoms with Gasteiger partial charge in [0.1, 0.15) is 0 Å². The van der Waals surface area contributed by atoms with Gasteiger partial charge in [-0.2, -0.15) is 0 Å². The smallest absolute Gasteiger partial charge is 0.153 e. The molecular formula is C13H14BrN5S. The van der Waals surface area contributed by atoms with E-state index in [1.54, 1.807) is 16.0 Å². The van der Waals surface area contributed by atoms with E-state index in [9.17, 15) is 0 Å². The summed E-state index contributed by atoms with van der Waals surface area (Å²) in [5, 5.41) is 13.7.